The summed E-state index contributed by atoms with van der Waals surface area (Å²) < 4.78 is 44.2. The average molecular weight is 247 g/mol. The number of rotatable bonds is 5. The molecule has 0 heterocycles. The van der Waals surface area contributed by atoms with E-state index in [0.29, 0.717) is 12.7 Å². The van der Waals surface area contributed by atoms with Crippen molar-refractivity contribution >= 4 is 11.5 Å². The first kappa shape index (κ1) is 13.5. The van der Waals surface area contributed by atoms with Crippen LogP contribution in [0.2, 0.25) is 0 Å². The molecule has 0 atom stereocenters. The summed E-state index contributed by atoms with van der Waals surface area (Å²) in [6.07, 6.45) is -0.183. The van der Waals surface area contributed by atoms with Gasteiger partial charge in [-0.15, -0.1) is 0 Å². The number of carbonyl (C=O) groups excluding carboxylic acids is 1. The molecule has 17 heavy (non-hydrogen) atoms. The van der Waals surface area contributed by atoms with Gasteiger partial charge in [-0.2, -0.15) is 0 Å². The van der Waals surface area contributed by atoms with Gasteiger partial charge >= 0.3 is 0 Å². The smallest absolute Gasteiger partial charge is 0.171 e. The van der Waals surface area contributed by atoms with Crippen molar-refractivity contribution in [3.63, 3.8) is 0 Å². The number of nitrogens with two attached hydrogens (primary N) is 1. The number of hydrogen-bond acceptors (Lipinski definition) is 3. The van der Waals surface area contributed by atoms with Crippen molar-refractivity contribution in [1.29, 1.82) is 0 Å². The molecular formula is C11H12F3NO2. The second-order valence-corrected chi connectivity index (χ2v) is 3.31. The molecular weight excluding hydrogens is 235 g/mol. The van der Waals surface area contributed by atoms with Gasteiger partial charge in [-0.25, -0.2) is 13.2 Å². The van der Waals surface area contributed by atoms with Crippen LogP contribution in [0, 0.1) is 17.5 Å². The van der Waals surface area contributed by atoms with Crippen LogP contribution in [0.25, 0.3) is 0 Å². The molecule has 0 saturated heterocycles. The summed E-state index contributed by atoms with van der Waals surface area (Å²) in [5.41, 5.74) is 3.79. The molecule has 0 bridgehead atoms. The van der Waals surface area contributed by atoms with Crippen LogP contribution in [0.3, 0.4) is 0 Å². The van der Waals surface area contributed by atoms with Gasteiger partial charge in [0.1, 0.15) is 5.82 Å². The molecule has 1 aromatic rings. The Hall–Kier alpha value is -1.56. The maximum atomic E-state index is 13.3. The Bertz CT molecular complexity index is 409. The van der Waals surface area contributed by atoms with Crippen LogP contribution >= 0.6 is 0 Å². The van der Waals surface area contributed by atoms with E-state index in [1.54, 1.807) is 6.92 Å². The third kappa shape index (κ3) is 2.97. The summed E-state index contributed by atoms with van der Waals surface area (Å²) in [7, 11) is 0. The molecule has 6 heteroatoms. The monoisotopic (exact) mass is 247 g/mol. The van der Waals surface area contributed by atoms with Crippen LogP contribution in [-0.2, 0) is 4.74 Å². The van der Waals surface area contributed by atoms with Gasteiger partial charge in [-0.05, 0) is 6.92 Å². The van der Waals surface area contributed by atoms with E-state index < -0.39 is 34.5 Å². The van der Waals surface area contributed by atoms with Crippen molar-refractivity contribution in [2.45, 2.75) is 13.3 Å². The molecule has 0 radical (unpaired) electrons. The molecule has 0 amide bonds. The van der Waals surface area contributed by atoms with E-state index in [2.05, 4.69) is 0 Å². The number of hydrogen-bond donors (Lipinski definition) is 1. The molecule has 0 spiro atoms. The number of benzene rings is 1. The van der Waals surface area contributed by atoms with E-state index in [4.69, 9.17) is 10.5 Å². The SMILES string of the molecule is CCOCCC(=O)c1c(N)c(F)cc(F)c1F. The molecule has 1 aromatic carbocycles. The Labute approximate surface area is 96.4 Å². The van der Waals surface area contributed by atoms with Crippen molar-refractivity contribution in [3.8, 4) is 0 Å². The minimum atomic E-state index is -1.43. The number of nitrogen functional groups attached to an aromatic ring is 1. The van der Waals surface area contributed by atoms with Gasteiger partial charge in [0, 0.05) is 19.1 Å². The quantitative estimate of drug-likeness (QED) is 0.376. The lowest BCUT2D eigenvalue weighted by Crippen LogP contribution is -2.12. The van der Waals surface area contributed by atoms with E-state index in [0.717, 1.165) is 0 Å². The van der Waals surface area contributed by atoms with Crippen LogP contribution in [-0.4, -0.2) is 19.0 Å². The van der Waals surface area contributed by atoms with Gasteiger partial charge in [0.25, 0.3) is 0 Å². The Kier molecular flexibility index (Phi) is 4.51. The minimum absolute atomic E-state index is 0.0480. The van der Waals surface area contributed by atoms with Crippen molar-refractivity contribution in [2.24, 2.45) is 0 Å². The zero-order chi connectivity index (χ0) is 13.0. The van der Waals surface area contributed by atoms with Gasteiger partial charge in [0.05, 0.1) is 17.9 Å². The van der Waals surface area contributed by atoms with Crippen molar-refractivity contribution < 1.29 is 22.7 Å². The van der Waals surface area contributed by atoms with E-state index >= 15 is 0 Å². The highest BCUT2D eigenvalue weighted by molar-refractivity contribution is 6.01. The van der Waals surface area contributed by atoms with Crippen molar-refractivity contribution in [1.82, 2.24) is 0 Å². The first-order chi connectivity index (χ1) is 7.99. The van der Waals surface area contributed by atoms with E-state index in [1.807, 2.05) is 0 Å². The van der Waals surface area contributed by atoms with E-state index in [1.165, 1.54) is 0 Å². The minimum Gasteiger partial charge on any atom is -0.396 e. The number of anilines is 1. The lowest BCUT2D eigenvalue weighted by molar-refractivity contribution is 0.0891. The van der Waals surface area contributed by atoms with Crippen LogP contribution in [0.4, 0.5) is 18.9 Å². The molecule has 94 valence electrons. The van der Waals surface area contributed by atoms with Crippen molar-refractivity contribution in [3.05, 3.63) is 29.1 Å². The molecule has 1 rings (SSSR count). The second kappa shape index (κ2) is 5.67. The molecule has 0 aliphatic heterocycles. The zero-order valence-electron chi connectivity index (χ0n) is 9.23. The maximum absolute atomic E-state index is 13.3. The number of Topliss-reactive ketones (excluding diaryl/α,β-unsaturated/α-hetero) is 1. The highest BCUT2D eigenvalue weighted by Gasteiger charge is 2.22. The average Bonchev–Trinajstić information content (AvgIpc) is 2.27. The fraction of sp³-hybridized carbons (Fsp3) is 0.364. The summed E-state index contributed by atoms with van der Waals surface area (Å²) in [5.74, 6) is -4.79. The first-order valence-electron chi connectivity index (χ1n) is 5.03. The van der Waals surface area contributed by atoms with Crippen LogP contribution in [0.1, 0.15) is 23.7 Å². The van der Waals surface area contributed by atoms with Gasteiger partial charge in [-0.1, -0.05) is 0 Å². The molecule has 0 saturated carbocycles. The molecule has 0 aromatic heterocycles. The number of ketones is 1. The number of carbonyl (C=O) groups is 1. The fourth-order valence-corrected chi connectivity index (χ4v) is 1.32. The van der Waals surface area contributed by atoms with Crippen LogP contribution in [0.15, 0.2) is 6.07 Å². The third-order valence-electron chi connectivity index (χ3n) is 2.17. The predicted octanol–water partition coefficient (Wildman–Crippen LogP) is 2.30. The number of ether oxygens (including phenoxy) is 1. The maximum Gasteiger partial charge on any atom is 0.171 e. The summed E-state index contributed by atoms with van der Waals surface area (Å²) in [4.78, 5) is 11.5. The Morgan fingerprint density at radius 1 is 1.35 bits per heavy atom. The Morgan fingerprint density at radius 2 is 2.00 bits per heavy atom. The second-order valence-electron chi connectivity index (χ2n) is 3.31. The molecule has 0 aliphatic rings. The largest absolute Gasteiger partial charge is 0.396 e. The van der Waals surface area contributed by atoms with Crippen LogP contribution < -0.4 is 5.73 Å². The molecule has 0 fully saturated rings. The highest BCUT2D eigenvalue weighted by Crippen LogP contribution is 2.23. The van der Waals surface area contributed by atoms with Gasteiger partial charge in [0.15, 0.2) is 17.4 Å². The first-order valence-corrected chi connectivity index (χ1v) is 5.03. The van der Waals surface area contributed by atoms with Gasteiger partial charge in [-0.3, -0.25) is 4.79 Å². The van der Waals surface area contributed by atoms with E-state index in [-0.39, 0.29) is 13.0 Å². The molecule has 2 N–H and O–H groups in total. The fourth-order valence-electron chi connectivity index (χ4n) is 1.32. The third-order valence-corrected chi connectivity index (χ3v) is 2.17. The molecule has 0 unspecified atom stereocenters. The van der Waals surface area contributed by atoms with Crippen molar-refractivity contribution in [2.75, 3.05) is 18.9 Å². The predicted molar refractivity (Wildman–Crippen MR) is 56.2 cm³/mol. The standard InChI is InChI=1S/C11H12F3NO2/c1-2-17-4-3-8(16)9-10(14)6(12)5-7(13)11(9)15/h5H,2-4,15H2,1H3. The summed E-state index contributed by atoms with van der Waals surface area (Å²) >= 11 is 0. The lowest BCUT2D eigenvalue weighted by Gasteiger charge is -2.08. The Morgan fingerprint density at radius 3 is 2.59 bits per heavy atom. The molecule has 0 aliphatic carbocycles. The Balaban J connectivity index is 3.00. The van der Waals surface area contributed by atoms with E-state index in [9.17, 15) is 18.0 Å². The zero-order valence-corrected chi connectivity index (χ0v) is 9.23. The lowest BCUT2D eigenvalue weighted by atomic mass is 10.0. The summed E-state index contributed by atoms with van der Waals surface area (Å²) in [6, 6.07) is 0.310. The van der Waals surface area contributed by atoms with Crippen LogP contribution in [0.5, 0.6) is 0 Å². The summed E-state index contributed by atoms with van der Waals surface area (Å²) in [5, 5.41) is 0. The topological polar surface area (TPSA) is 52.3 Å². The molecule has 3 nitrogen and oxygen atoms in total. The van der Waals surface area contributed by atoms with Gasteiger partial charge < -0.3 is 10.5 Å². The van der Waals surface area contributed by atoms with Gasteiger partial charge in [0.2, 0.25) is 0 Å². The number of halogens is 3. The summed E-state index contributed by atoms with van der Waals surface area (Å²) in [6.45, 7) is 2.16. The highest BCUT2D eigenvalue weighted by atomic mass is 19.2. The normalized spacial score (nSPS) is 10.6.